The van der Waals surface area contributed by atoms with Gasteiger partial charge in [0.2, 0.25) is 0 Å². The molecule has 94 valence electrons. The molecule has 0 saturated carbocycles. The van der Waals surface area contributed by atoms with Gasteiger partial charge in [-0.05, 0) is 12.3 Å². The molecule has 2 heteroatoms. The van der Waals surface area contributed by atoms with E-state index in [2.05, 4.69) is 13.8 Å². The van der Waals surface area contributed by atoms with Crippen LogP contribution in [0, 0.1) is 5.92 Å². The predicted molar refractivity (Wildman–Crippen MR) is 67.1 cm³/mol. The van der Waals surface area contributed by atoms with Gasteiger partial charge in [-0.15, -0.1) is 0 Å². The number of rotatable bonds is 10. The molecule has 0 spiro atoms. The Balaban J connectivity index is 0. The van der Waals surface area contributed by atoms with Crippen molar-refractivity contribution in [1.82, 2.24) is 0 Å². The van der Waals surface area contributed by atoms with Crippen molar-refractivity contribution in [3.8, 4) is 0 Å². The van der Waals surface area contributed by atoms with Crippen molar-refractivity contribution >= 4 is 0 Å². The second kappa shape index (κ2) is 13.9. The zero-order chi connectivity index (χ0) is 10.6. The van der Waals surface area contributed by atoms with Gasteiger partial charge < -0.3 is 10.6 Å². The molecule has 15 heavy (non-hydrogen) atoms. The lowest BCUT2D eigenvalue weighted by Gasteiger charge is -2.04. The number of unbranched alkanes of at least 4 members (excludes halogenated alkanes) is 7. The summed E-state index contributed by atoms with van der Waals surface area (Å²) < 4.78 is 0. The molecule has 0 aromatic rings. The third kappa shape index (κ3) is 16.6. The van der Waals surface area contributed by atoms with E-state index in [1.165, 1.54) is 51.4 Å². The normalized spacial score (nSPS) is 10.4. The van der Waals surface area contributed by atoms with Crippen molar-refractivity contribution in [2.45, 2.75) is 71.6 Å². The van der Waals surface area contributed by atoms with Crippen LogP contribution in [0.25, 0.3) is 0 Å². The number of aliphatic hydroxyl groups excluding tert-OH is 1. The van der Waals surface area contributed by atoms with E-state index in [0.29, 0.717) is 6.61 Å². The largest absolute Gasteiger partial charge is 0.412 e. The average molecular weight is 218 g/mol. The van der Waals surface area contributed by atoms with Crippen LogP contribution in [0.3, 0.4) is 0 Å². The Morgan fingerprint density at radius 1 is 0.733 bits per heavy atom. The van der Waals surface area contributed by atoms with Gasteiger partial charge in [-0.1, -0.05) is 65.2 Å². The van der Waals surface area contributed by atoms with E-state index in [9.17, 15) is 0 Å². The molecule has 0 aromatic heterocycles. The second-order valence-electron chi connectivity index (χ2n) is 4.73. The van der Waals surface area contributed by atoms with E-state index < -0.39 is 0 Å². The van der Waals surface area contributed by atoms with Gasteiger partial charge in [0.1, 0.15) is 0 Å². The maximum absolute atomic E-state index is 8.59. The van der Waals surface area contributed by atoms with Crippen molar-refractivity contribution in [2.75, 3.05) is 6.61 Å². The number of aliphatic hydroxyl groups is 1. The molecule has 0 aromatic carbocycles. The first kappa shape index (κ1) is 17.3. The van der Waals surface area contributed by atoms with Gasteiger partial charge in [-0.3, -0.25) is 0 Å². The molecule has 0 unspecified atom stereocenters. The summed E-state index contributed by atoms with van der Waals surface area (Å²) in [6, 6.07) is 0. The molecule has 0 rings (SSSR count). The monoisotopic (exact) mass is 218 g/mol. The summed E-state index contributed by atoms with van der Waals surface area (Å²) in [6.07, 6.45) is 11.9. The Morgan fingerprint density at radius 2 is 1.13 bits per heavy atom. The minimum absolute atomic E-state index is 0. The first-order chi connectivity index (χ1) is 6.77. The highest BCUT2D eigenvalue weighted by molar-refractivity contribution is 4.49. The van der Waals surface area contributed by atoms with Gasteiger partial charge in [0.25, 0.3) is 0 Å². The molecular formula is C13H30O2. The molecule has 0 aliphatic rings. The van der Waals surface area contributed by atoms with E-state index >= 15 is 0 Å². The highest BCUT2D eigenvalue weighted by Crippen LogP contribution is 2.12. The molecule has 0 fully saturated rings. The molecule has 0 heterocycles. The van der Waals surface area contributed by atoms with E-state index in [-0.39, 0.29) is 5.48 Å². The van der Waals surface area contributed by atoms with E-state index in [1.54, 1.807) is 0 Å². The summed E-state index contributed by atoms with van der Waals surface area (Å²) in [7, 11) is 0. The maximum atomic E-state index is 8.59. The van der Waals surface area contributed by atoms with Crippen molar-refractivity contribution in [3.05, 3.63) is 0 Å². The first-order valence-electron chi connectivity index (χ1n) is 6.38. The van der Waals surface area contributed by atoms with Crippen LogP contribution in [0.1, 0.15) is 71.6 Å². The maximum Gasteiger partial charge on any atom is 0.0431 e. The van der Waals surface area contributed by atoms with Gasteiger partial charge in [0.15, 0.2) is 0 Å². The highest BCUT2D eigenvalue weighted by atomic mass is 16.2. The van der Waals surface area contributed by atoms with Crippen LogP contribution < -0.4 is 0 Å². The fourth-order valence-electron chi connectivity index (χ4n) is 1.73. The summed E-state index contributed by atoms with van der Waals surface area (Å²) in [5.74, 6) is 0.875. The summed E-state index contributed by atoms with van der Waals surface area (Å²) >= 11 is 0. The van der Waals surface area contributed by atoms with Crippen LogP contribution in [-0.4, -0.2) is 17.2 Å². The number of hydrogen-bond donors (Lipinski definition) is 1. The van der Waals surface area contributed by atoms with Gasteiger partial charge in [-0.25, -0.2) is 0 Å². The smallest absolute Gasteiger partial charge is 0.0431 e. The molecular weight excluding hydrogens is 188 g/mol. The SMILES string of the molecule is CC(C)CCCCCCCCCCO.O. The zero-order valence-corrected chi connectivity index (χ0v) is 10.6. The fourth-order valence-corrected chi connectivity index (χ4v) is 1.73. The lowest BCUT2D eigenvalue weighted by molar-refractivity contribution is 0.282. The molecule has 3 N–H and O–H groups in total. The van der Waals surface area contributed by atoms with E-state index in [0.717, 1.165) is 12.3 Å². The third-order valence-electron chi connectivity index (χ3n) is 2.69. The zero-order valence-electron chi connectivity index (χ0n) is 10.6. The van der Waals surface area contributed by atoms with Crippen molar-refractivity contribution in [1.29, 1.82) is 0 Å². The van der Waals surface area contributed by atoms with Crippen LogP contribution in [0.5, 0.6) is 0 Å². The van der Waals surface area contributed by atoms with Gasteiger partial charge in [0, 0.05) is 6.61 Å². The average Bonchev–Trinajstić information content (AvgIpc) is 2.15. The Labute approximate surface area is 95.4 Å². The van der Waals surface area contributed by atoms with Crippen LogP contribution in [0.15, 0.2) is 0 Å². The van der Waals surface area contributed by atoms with Crippen LogP contribution in [0.4, 0.5) is 0 Å². The predicted octanol–water partition coefficient (Wildman–Crippen LogP) is 3.32. The minimum Gasteiger partial charge on any atom is -0.412 e. The van der Waals surface area contributed by atoms with E-state index in [4.69, 9.17) is 5.11 Å². The van der Waals surface area contributed by atoms with E-state index in [1.807, 2.05) is 0 Å². The standard InChI is InChI=1S/C13H28O.H2O/c1-13(2)11-9-7-5-3-4-6-8-10-12-14;/h13-14H,3-12H2,1-2H3;1H2. The highest BCUT2D eigenvalue weighted by Gasteiger charge is 1.94. The van der Waals surface area contributed by atoms with Crippen molar-refractivity contribution in [3.63, 3.8) is 0 Å². The molecule has 0 radical (unpaired) electrons. The second-order valence-corrected chi connectivity index (χ2v) is 4.73. The summed E-state index contributed by atoms with van der Waals surface area (Å²) in [4.78, 5) is 0. The van der Waals surface area contributed by atoms with Crippen molar-refractivity contribution in [2.24, 2.45) is 5.92 Å². The van der Waals surface area contributed by atoms with Crippen LogP contribution >= 0.6 is 0 Å². The third-order valence-corrected chi connectivity index (χ3v) is 2.69. The first-order valence-corrected chi connectivity index (χ1v) is 6.38. The topological polar surface area (TPSA) is 51.7 Å². The summed E-state index contributed by atoms with van der Waals surface area (Å²) in [6.45, 7) is 4.97. The molecule has 2 nitrogen and oxygen atoms in total. The van der Waals surface area contributed by atoms with Gasteiger partial charge >= 0.3 is 0 Å². The van der Waals surface area contributed by atoms with Crippen molar-refractivity contribution < 1.29 is 10.6 Å². The summed E-state index contributed by atoms with van der Waals surface area (Å²) in [5.41, 5.74) is 0. The molecule has 0 amide bonds. The lowest BCUT2D eigenvalue weighted by Crippen LogP contribution is -1.87. The molecule has 0 saturated heterocycles. The minimum atomic E-state index is 0. The Kier molecular flexibility index (Phi) is 16.1. The van der Waals surface area contributed by atoms with Gasteiger partial charge in [-0.2, -0.15) is 0 Å². The molecule has 0 aliphatic carbocycles. The quantitative estimate of drug-likeness (QED) is 0.562. The number of hydrogen-bond acceptors (Lipinski definition) is 1. The van der Waals surface area contributed by atoms with Crippen LogP contribution in [-0.2, 0) is 0 Å². The fraction of sp³-hybridized carbons (Fsp3) is 1.00. The Bertz CT molecular complexity index is 103. The van der Waals surface area contributed by atoms with Gasteiger partial charge in [0.05, 0.1) is 0 Å². The molecule has 0 aliphatic heterocycles. The molecule has 0 bridgehead atoms. The summed E-state index contributed by atoms with van der Waals surface area (Å²) in [5, 5.41) is 8.59. The lowest BCUT2D eigenvalue weighted by atomic mass is 10.0. The van der Waals surface area contributed by atoms with Crippen LogP contribution in [0.2, 0.25) is 0 Å². The Hall–Kier alpha value is -0.0800. The molecule has 0 atom stereocenters. The Morgan fingerprint density at radius 3 is 1.53 bits per heavy atom.